The Morgan fingerprint density at radius 2 is 1.86 bits per heavy atom. The molecule has 0 unspecified atom stereocenters. The fourth-order valence-electron chi connectivity index (χ4n) is 2.41. The van der Waals surface area contributed by atoms with Crippen molar-refractivity contribution >= 4 is 28.5 Å². The van der Waals surface area contributed by atoms with Gasteiger partial charge in [0.05, 0.1) is 18.4 Å². The van der Waals surface area contributed by atoms with E-state index >= 15 is 0 Å². The van der Waals surface area contributed by atoms with Gasteiger partial charge in [0, 0.05) is 15.9 Å². The van der Waals surface area contributed by atoms with Crippen molar-refractivity contribution in [3.8, 4) is 11.3 Å². The molecule has 3 rings (SSSR count). The van der Waals surface area contributed by atoms with Gasteiger partial charge in [0.2, 0.25) is 0 Å². The highest BCUT2D eigenvalue weighted by atomic mass is 35.5. The number of esters is 1. The number of H-pyrrole nitrogens is 1. The molecule has 1 heterocycles. The quantitative estimate of drug-likeness (QED) is 0.704. The van der Waals surface area contributed by atoms with Gasteiger partial charge in [-0.2, -0.15) is 0 Å². The van der Waals surface area contributed by atoms with Gasteiger partial charge >= 0.3 is 5.97 Å². The normalized spacial score (nSPS) is 10.8. The molecule has 0 spiro atoms. The Morgan fingerprint density at radius 3 is 2.52 bits per heavy atom. The van der Waals surface area contributed by atoms with Gasteiger partial charge in [0.15, 0.2) is 0 Å². The maximum atomic E-state index is 12.2. The lowest BCUT2D eigenvalue weighted by Gasteiger charge is -2.04. The summed E-state index contributed by atoms with van der Waals surface area (Å²) in [4.78, 5) is 15.5. The van der Waals surface area contributed by atoms with Crippen molar-refractivity contribution in [2.75, 3.05) is 7.11 Å². The Hall–Kier alpha value is -2.26. The summed E-state index contributed by atoms with van der Waals surface area (Å²) in [5.74, 6) is -0.376. The number of nitrogens with one attached hydrogen (secondary N) is 1. The molecule has 1 aromatic heterocycles. The molecular formula is C17H14ClNO2. The van der Waals surface area contributed by atoms with E-state index in [1.54, 1.807) is 12.1 Å². The summed E-state index contributed by atoms with van der Waals surface area (Å²) in [6.45, 7) is 2.02. The van der Waals surface area contributed by atoms with E-state index in [4.69, 9.17) is 16.3 Å². The molecule has 106 valence electrons. The number of rotatable bonds is 2. The zero-order valence-corrected chi connectivity index (χ0v) is 12.5. The maximum absolute atomic E-state index is 12.2. The van der Waals surface area contributed by atoms with Crippen molar-refractivity contribution in [3.05, 3.63) is 58.6 Å². The first-order valence-electron chi connectivity index (χ1n) is 6.56. The monoisotopic (exact) mass is 299 g/mol. The lowest BCUT2D eigenvalue weighted by Crippen LogP contribution is -2.02. The summed E-state index contributed by atoms with van der Waals surface area (Å²) < 4.78 is 4.93. The first-order chi connectivity index (χ1) is 10.1. The van der Waals surface area contributed by atoms with E-state index in [2.05, 4.69) is 4.98 Å². The number of hydrogen-bond donors (Lipinski definition) is 1. The van der Waals surface area contributed by atoms with Gasteiger partial charge in [-0.15, -0.1) is 0 Å². The van der Waals surface area contributed by atoms with E-state index in [-0.39, 0.29) is 5.97 Å². The van der Waals surface area contributed by atoms with Crippen LogP contribution >= 0.6 is 11.6 Å². The van der Waals surface area contributed by atoms with E-state index in [0.717, 1.165) is 27.7 Å². The van der Waals surface area contributed by atoms with Crippen molar-refractivity contribution < 1.29 is 9.53 Å². The zero-order valence-electron chi connectivity index (χ0n) is 11.7. The van der Waals surface area contributed by atoms with Crippen LogP contribution in [-0.2, 0) is 4.74 Å². The highest BCUT2D eigenvalue weighted by Gasteiger charge is 2.20. The van der Waals surface area contributed by atoms with Gasteiger partial charge in [-0.05, 0) is 30.7 Å². The molecule has 3 aromatic rings. The van der Waals surface area contributed by atoms with Crippen LogP contribution in [0.15, 0.2) is 42.5 Å². The van der Waals surface area contributed by atoms with Crippen LogP contribution in [0.5, 0.6) is 0 Å². The van der Waals surface area contributed by atoms with Gasteiger partial charge in [0.1, 0.15) is 0 Å². The number of halogens is 1. The standard InChI is InChI=1S/C17H14ClNO2/c1-10-3-5-11(6-4-10)16-15(17(20)21-2)13-9-12(18)7-8-14(13)19-16/h3-9,19H,1-2H3. The van der Waals surface area contributed by atoms with E-state index in [1.165, 1.54) is 7.11 Å². The highest BCUT2D eigenvalue weighted by molar-refractivity contribution is 6.31. The molecule has 4 heteroatoms. The number of methoxy groups -OCH3 is 1. The minimum atomic E-state index is -0.376. The molecule has 2 aromatic carbocycles. The smallest absolute Gasteiger partial charge is 0.340 e. The van der Waals surface area contributed by atoms with E-state index in [1.807, 2.05) is 37.3 Å². The number of carbonyl (C=O) groups excluding carboxylic acids is 1. The molecular weight excluding hydrogens is 286 g/mol. The molecule has 0 saturated heterocycles. The third-order valence-electron chi connectivity index (χ3n) is 3.49. The largest absolute Gasteiger partial charge is 0.465 e. The van der Waals surface area contributed by atoms with Crippen LogP contribution in [0.4, 0.5) is 0 Å². The third kappa shape index (κ3) is 2.41. The highest BCUT2D eigenvalue weighted by Crippen LogP contribution is 2.32. The molecule has 0 atom stereocenters. The number of aryl methyl sites for hydroxylation is 1. The second-order valence-corrected chi connectivity index (χ2v) is 5.36. The Kier molecular flexibility index (Phi) is 3.43. The van der Waals surface area contributed by atoms with Crippen LogP contribution in [-0.4, -0.2) is 18.1 Å². The van der Waals surface area contributed by atoms with Crippen molar-refractivity contribution in [2.45, 2.75) is 6.92 Å². The van der Waals surface area contributed by atoms with Gasteiger partial charge in [0.25, 0.3) is 0 Å². The van der Waals surface area contributed by atoms with Crippen LogP contribution < -0.4 is 0 Å². The zero-order chi connectivity index (χ0) is 15.0. The Bertz CT molecular complexity index is 819. The fourth-order valence-corrected chi connectivity index (χ4v) is 2.59. The molecule has 0 bridgehead atoms. The summed E-state index contributed by atoms with van der Waals surface area (Å²) in [7, 11) is 1.38. The molecule has 0 aliphatic heterocycles. The van der Waals surface area contributed by atoms with Crippen LogP contribution in [0.2, 0.25) is 5.02 Å². The second-order valence-electron chi connectivity index (χ2n) is 4.92. The molecule has 3 nitrogen and oxygen atoms in total. The van der Waals surface area contributed by atoms with Crippen LogP contribution in [0, 0.1) is 6.92 Å². The van der Waals surface area contributed by atoms with Crippen molar-refractivity contribution in [3.63, 3.8) is 0 Å². The number of fused-ring (bicyclic) bond motifs is 1. The molecule has 0 fully saturated rings. The Morgan fingerprint density at radius 1 is 1.14 bits per heavy atom. The lowest BCUT2D eigenvalue weighted by atomic mass is 10.0. The van der Waals surface area contributed by atoms with Gasteiger partial charge in [-0.1, -0.05) is 41.4 Å². The molecule has 0 radical (unpaired) electrons. The van der Waals surface area contributed by atoms with Gasteiger partial charge in [-0.3, -0.25) is 0 Å². The SMILES string of the molecule is COC(=O)c1c(-c2ccc(C)cc2)[nH]c2ccc(Cl)cc12. The summed E-state index contributed by atoms with van der Waals surface area (Å²) >= 11 is 6.05. The Balaban J connectivity index is 2.30. The van der Waals surface area contributed by atoms with Crippen molar-refractivity contribution in [1.29, 1.82) is 0 Å². The summed E-state index contributed by atoms with van der Waals surface area (Å²) in [6.07, 6.45) is 0. The average Bonchev–Trinajstić information content (AvgIpc) is 2.85. The van der Waals surface area contributed by atoms with E-state index < -0.39 is 0 Å². The Labute approximate surface area is 127 Å². The summed E-state index contributed by atoms with van der Waals surface area (Å²) in [5, 5.41) is 1.35. The van der Waals surface area contributed by atoms with E-state index in [9.17, 15) is 4.79 Å². The minimum Gasteiger partial charge on any atom is -0.465 e. The predicted molar refractivity (Wildman–Crippen MR) is 84.8 cm³/mol. The first kappa shape index (κ1) is 13.7. The van der Waals surface area contributed by atoms with Gasteiger partial charge < -0.3 is 9.72 Å². The second kappa shape index (κ2) is 5.26. The number of aromatic amines is 1. The third-order valence-corrected chi connectivity index (χ3v) is 3.73. The fraction of sp³-hybridized carbons (Fsp3) is 0.118. The molecule has 21 heavy (non-hydrogen) atoms. The molecule has 1 N–H and O–H groups in total. The predicted octanol–water partition coefficient (Wildman–Crippen LogP) is 4.58. The van der Waals surface area contributed by atoms with Crippen LogP contribution in [0.25, 0.3) is 22.2 Å². The summed E-state index contributed by atoms with van der Waals surface area (Å²) in [5.41, 5.74) is 4.22. The number of aromatic nitrogens is 1. The van der Waals surface area contributed by atoms with Crippen LogP contribution in [0.3, 0.4) is 0 Å². The molecule has 0 saturated carbocycles. The van der Waals surface area contributed by atoms with Crippen LogP contribution in [0.1, 0.15) is 15.9 Å². The molecule has 0 amide bonds. The van der Waals surface area contributed by atoms with E-state index in [0.29, 0.717) is 10.6 Å². The van der Waals surface area contributed by atoms with Crippen molar-refractivity contribution in [2.24, 2.45) is 0 Å². The first-order valence-corrected chi connectivity index (χ1v) is 6.94. The van der Waals surface area contributed by atoms with Crippen molar-refractivity contribution in [1.82, 2.24) is 4.98 Å². The molecule has 0 aliphatic carbocycles. The number of benzene rings is 2. The average molecular weight is 300 g/mol. The number of carbonyl (C=O) groups is 1. The van der Waals surface area contributed by atoms with Gasteiger partial charge in [-0.25, -0.2) is 4.79 Å². The number of hydrogen-bond acceptors (Lipinski definition) is 2. The molecule has 0 aliphatic rings. The topological polar surface area (TPSA) is 42.1 Å². The maximum Gasteiger partial charge on any atom is 0.340 e. The number of ether oxygens (including phenoxy) is 1. The lowest BCUT2D eigenvalue weighted by molar-refractivity contribution is 0.0604. The minimum absolute atomic E-state index is 0.376. The summed E-state index contributed by atoms with van der Waals surface area (Å²) in [6, 6.07) is 13.4.